The van der Waals surface area contributed by atoms with Gasteiger partial charge in [0.1, 0.15) is 0 Å². The molecule has 3 rings (SSSR count). The maximum absolute atomic E-state index is 12.8. The number of rotatable bonds is 6. The molecule has 0 aromatic heterocycles. The zero-order chi connectivity index (χ0) is 19.1. The van der Waals surface area contributed by atoms with E-state index < -0.39 is 0 Å². The van der Waals surface area contributed by atoms with Crippen molar-refractivity contribution in [3.63, 3.8) is 0 Å². The van der Waals surface area contributed by atoms with Crippen LogP contribution in [0.4, 0.5) is 5.69 Å². The molecule has 0 saturated heterocycles. The predicted octanol–water partition coefficient (Wildman–Crippen LogP) is 6.03. The van der Waals surface area contributed by atoms with E-state index >= 15 is 0 Å². The largest absolute Gasteiger partial charge is 0.331 e. The van der Waals surface area contributed by atoms with Crippen LogP contribution in [0, 0.1) is 0 Å². The molecule has 0 saturated carbocycles. The summed E-state index contributed by atoms with van der Waals surface area (Å²) in [6.07, 6.45) is 5.11. The summed E-state index contributed by atoms with van der Waals surface area (Å²) in [5.41, 5.74) is 12.6. The van der Waals surface area contributed by atoms with E-state index in [-0.39, 0.29) is 11.9 Å². The molecule has 5 nitrogen and oxygen atoms in total. The van der Waals surface area contributed by atoms with Crippen molar-refractivity contribution in [3.05, 3.63) is 82.2 Å². The Hall–Kier alpha value is -2.31. The number of nitrogens with zero attached hydrogens (tertiary/aromatic N) is 4. The maximum atomic E-state index is 12.8. The molecule has 1 amide bonds. The van der Waals surface area contributed by atoms with Crippen molar-refractivity contribution < 1.29 is 4.79 Å². The first-order valence-electron chi connectivity index (χ1n) is 8.98. The van der Waals surface area contributed by atoms with Gasteiger partial charge >= 0.3 is 0 Å². The van der Waals surface area contributed by atoms with Gasteiger partial charge in [0.25, 0.3) is 0 Å². The van der Waals surface area contributed by atoms with Crippen LogP contribution in [0.25, 0.3) is 16.0 Å². The molecule has 0 bridgehead atoms. The van der Waals surface area contributed by atoms with Crippen LogP contribution >= 0.6 is 22.6 Å². The first-order valence-corrected chi connectivity index (χ1v) is 10.5. The minimum absolute atomic E-state index is 0.0173. The molecule has 0 heterocycles. The molecule has 27 heavy (non-hydrogen) atoms. The quantitative estimate of drug-likeness (QED) is 0.167. The minimum atomic E-state index is -0.0173. The highest BCUT2D eigenvalue weighted by Gasteiger charge is 2.29. The standard InChI is InChI=1S/C21H21IN4O/c22-14-21(27)26(15-16-8-2-1-3-9-16)20-13-7-5-11-18(20)17-10-4-6-12-19(17)24-25-23/h1-4,6,8-12,20H,5,7,13-15H2. The zero-order valence-corrected chi connectivity index (χ0v) is 17.1. The fraction of sp³-hybridized carbons (Fsp3) is 0.286. The molecule has 2 aromatic carbocycles. The van der Waals surface area contributed by atoms with E-state index in [2.05, 4.69) is 38.7 Å². The van der Waals surface area contributed by atoms with E-state index in [1.165, 1.54) is 0 Å². The van der Waals surface area contributed by atoms with Gasteiger partial charge in [0.2, 0.25) is 5.91 Å². The van der Waals surface area contributed by atoms with E-state index in [0.29, 0.717) is 16.7 Å². The SMILES string of the molecule is [N-]=[N+]=Nc1ccccc1C1=CCCCC1N(Cc1ccccc1)C(=O)CI. The number of carbonyl (C=O) groups excluding carboxylic acids is 1. The normalized spacial score (nSPS) is 16.2. The molecule has 1 atom stereocenters. The highest BCUT2D eigenvalue weighted by atomic mass is 127. The van der Waals surface area contributed by atoms with Gasteiger partial charge in [0, 0.05) is 17.1 Å². The highest BCUT2D eigenvalue weighted by molar-refractivity contribution is 14.1. The van der Waals surface area contributed by atoms with Crippen LogP contribution in [0.5, 0.6) is 0 Å². The summed E-state index contributed by atoms with van der Waals surface area (Å²) in [6, 6.07) is 17.7. The molecule has 0 aliphatic heterocycles. The molecule has 2 aromatic rings. The van der Waals surface area contributed by atoms with Gasteiger partial charge in [-0.05, 0) is 41.5 Å². The minimum Gasteiger partial charge on any atom is -0.331 e. The Balaban J connectivity index is 2.00. The molecule has 1 aliphatic rings. The summed E-state index contributed by atoms with van der Waals surface area (Å²) in [6.45, 7) is 0.578. The second-order valence-corrected chi connectivity index (χ2v) is 7.22. The molecule has 0 radical (unpaired) electrons. The number of azide groups is 1. The monoisotopic (exact) mass is 472 g/mol. The van der Waals surface area contributed by atoms with Gasteiger partial charge < -0.3 is 4.90 Å². The number of halogens is 1. The molecule has 0 N–H and O–H groups in total. The lowest BCUT2D eigenvalue weighted by molar-refractivity contribution is -0.130. The fourth-order valence-corrected chi connectivity index (χ4v) is 3.99. The third kappa shape index (κ3) is 4.70. The number of benzene rings is 2. The number of carbonyl (C=O) groups is 1. The summed E-state index contributed by atoms with van der Waals surface area (Å²) in [5.74, 6) is 0.124. The lowest BCUT2D eigenvalue weighted by atomic mass is 9.87. The Morgan fingerprint density at radius 2 is 1.93 bits per heavy atom. The van der Waals surface area contributed by atoms with E-state index in [1.807, 2.05) is 59.5 Å². The first kappa shape index (κ1) is 19.5. The van der Waals surface area contributed by atoms with Crippen molar-refractivity contribution in [2.45, 2.75) is 31.8 Å². The lowest BCUT2D eigenvalue weighted by Gasteiger charge is -2.36. The molecule has 1 unspecified atom stereocenters. The molecular formula is C21H21IN4O. The summed E-state index contributed by atoms with van der Waals surface area (Å²) in [7, 11) is 0. The molecule has 0 spiro atoms. The van der Waals surface area contributed by atoms with Crippen LogP contribution in [-0.4, -0.2) is 21.3 Å². The van der Waals surface area contributed by atoms with Crippen molar-refractivity contribution in [1.82, 2.24) is 4.90 Å². The molecule has 1 aliphatic carbocycles. The number of allylic oxidation sites excluding steroid dienone is 1. The summed E-state index contributed by atoms with van der Waals surface area (Å²) < 4.78 is 0.437. The number of amides is 1. The lowest BCUT2D eigenvalue weighted by Crippen LogP contribution is -2.42. The number of hydrogen-bond donors (Lipinski definition) is 0. The summed E-state index contributed by atoms with van der Waals surface area (Å²) in [4.78, 5) is 17.8. The van der Waals surface area contributed by atoms with Gasteiger partial charge in [-0.15, -0.1) is 0 Å². The Bertz CT molecular complexity index is 875. The van der Waals surface area contributed by atoms with Gasteiger partial charge in [-0.2, -0.15) is 0 Å². The summed E-state index contributed by atoms with van der Waals surface area (Å²) >= 11 is 2.13. The Morgan fingerprint density at radius 3 is 2.67 bits per heavy atom. The van der Waals surface area contributed by atoms with E-state index in [0.717, 1.165) is 36.0 Å². The average Bonchev–Trinajstić information content (AvgIpc) is 2.73. The van der Waals surface area contributed by atoms with Crippen molar-refractivity contribution in [2.24, 2.45) is 5.11 Å². The second-order valence-electron chi connectivity index (χ2n) is 6.45. The smallest absolute Gasteiger partial charge is 0.233 e. The van der Waals surface area contributed by atoms with Gasteiger partial charge in [0.05, 0.1) is 10.5 Å². The van der Waals surface area contributed by atoms with Crippen LogP contribution in [0.2, 0.25) is 0 Å². The third-order valence-electron chi connectivity index (χ3n) is 4.78. The van der Waals surface area contributed by atoms with Gasteiger partial charge in [-0.3, -0.25) is 4.79 Å². The average molecular weight is 472 g/mol. The first-order chi connectivity index (χ1) is 13.2. The molecule has 0 fully saturated rings. The van der Waals surface area contributed by atoms with E-state index in [9.17, 15) is 4.79 Å². The molecule has 6 heteroatoms. The van der Waals surface area contributed by atoms with Crippen molar-refractivity contribution in [3.8, 4) is 0 Å². The van der Waals surface area contributed by atoms with Crippen LogP contribution < -0.4 is 0 Å². The fourth-order valence-electron chi connectivity index (χ4n) is 3.56. The number of hydrogen-bond acceptors (Lipinski definition) is 2. The zero-order valence-electron chi connectivity index (χ0n) is 15.0. The highest BCUT2D eigenvalue weighted by Crippen LogP contribution is 2.36. The summed E-state index contributed by atoms with van der Waals surface area (Å²) in [5, 5.41) is 3.86. The van der Waals surface area contributed by atoms with Gasteiger partial charge in [-0.1, -0.05) is 88.4 Å². The van der Waals surface area contributed by atoms with Crippen LogP contribution in [0.3, 0.4) is 0 Å². The Labute approximate surface area is 172 Å². The number of alkyl halides is 1. The third-order valence-corrected chi connectivity index (χ3v) is 5.43. The van der Waals surface area contributed by atoms with Crippen molar-refractivity contribution >= 4 is 39.8 Å². The van der Waals surface area contributed by atoms with Gasteiger partial charge in [0.15, 0.2) is 0 Å². The van der Waals surface area contributed by atoms with Crippen LogP contribution in [0.1, 0.15) is 30.4 Å². The van der Waals surface area contributed by atoms with Crippen molar-refractivity contribution in [1.29, 1.82) is 0 Å². The second kappa shape index (κ2) is 9.58. The molecular weight excluding hydrogens is 451 g/mol. The van der Waals surface area contributed by atoms with E-state index in [4.69, 9.17) is 5.53 Å². The topological polar surface area (TPSA) is 69.1 Å². The predicted molar refractivity (Wildman–Crippen MR) is 117 cm³/mol. The Kier molecular flexibility index (Phi) is 6.90. The van der Waals surface area contributed by atoms with Crippen LogP contribution in [0.15, 0.2) is 65.8 Å². The van der Waals surface area contributed by atoms with E-state index in [1.54, 1.807) is 0 Å². The maximum Gasteiger partial charge on any atom is 0.233 e. The van der Waals surface area contributed by atoms with Crippen LogP contribution in [-0.2, 0) is 11.3 Å². The van der Waals surface area contributed by atoms with Crippen molar-refractivity contribution in [2.75, 3.05) is 4.43 Å². The molecule has 138 valence electrons. The Morgan fingerprint density at radius 1 is 1.19 bits per heavy atom. The van der Waals surface area contributed by atoms with Gasteiger partial charge in [-0.25, -0.2) is 0 Å².